The Bertz CT molecular complexity index is 283. The first-order valence-corrected chi connectivity index (χ1v) is 6.13. The summed E-state index contributed by atoms with van der Waals surface area (Å²) >= 11 is 0. The summed E-state index contributed by atoms with van der Waals surface area (Å²) in [5, 5.41) is 0. The first kappa shape index (κ1) is 11.6. The molecule has 0 radical (unpaired) electrons. The van der Waals surface area contributed by atoms with Crippen LogP contribution in [0.5, 0.6) is 0 Å². The van der Waals surface area contributed by atoms with Crippen molar-refractivity contribution in [3.8, 4) is 0 Å². The van der Waals surface area contributed by atoms with Gasteiger partial charge < -0.3 is 9.80 Å². The number of carbonyl (C=O) groups excluding carboxylic acids is 2. The molecule has 0 unspecified atom stereocenters. The molecule has 0 aliphatic carbocycles. The Morgan fingerprint density at radius 2 is 1.94 bits per heavy atom. The maximum absolute atomic E-state index is 11.4. The molecule has 2 heterocycles. The van der Waals surface area contributed by atoms with Crippen LogP contribution in [0.4, 0.5) is 0 Å². The second-order valence-corrected chi connectivity index (χ2v) is 5.07. The van der Waals surface area contributed by atoms with Gasteiger partial charge in [0.1, 0.15) is 0 Å². The predicted molar refractivity (Wildman–Crippen MR) is 61.0 cm³/mol. The van der Waals surface area contributed by atoms with Crippen molar-refractivity contribution in [2.24, 2.45) is 5.92 Å². The third-order valence-corrected chi connectivity index (χ3v) is 3.71. The number of nitrogens with zero attached hydrogens (tertiary/aromatic N) is 2. The lowest BCUT2D eigenvalue weighted by atomic mass is 9.94. The van der Waals surface area contributed by atoms with Crippen molar-refractivity contribution in [1.29, 1.82) is 0 Å². The maximum Gasteiger partial charge on any atom is 0.230 e. The van der Waals surface area contributed by atoms with E-state index in [1.807, 2.05) is 0 Å². The molecule has 2 aliphatic heterocycles. The molecular formula is C12H20N2O2. The fourth-order valence-electron chi connectivity index (χ4n) is 2.53. The van der Waals surface area contributed by atoms with Crippen LogP contribution in [0.2, 0.25) is 0 Å². The molecule has 2 aliphatic rings. The number of carbonyl (C=O) groups is 2. The molecule has 0 aromatic rings. The topological polar surface area (TPSA) is 40.6 Å². The lowest BCUT2D eigenvalue weighted by molar-refractivity contribution is -0.128. The Labute approximate surface area is 96.6 Å². The summed E-state index contributed by atoms with van der Waals surface area (Å²) < 4.78 is 0. The minimum absolute atomic E-state index is 0.0259. The average Bonchev–Trinajstić information content (AvgIpc) is 2.57. The summed E-state index contributed by atoms with van der Waals surface area (Å²) in [4.78, 5) is 26.6. The molecular weight excluding hydrogens is 204 g/mol. The Kier molecular flexibility index (Phi) is 3.59. The van der Waals surface area contributed by atoms with Gasteiger partial charge in [0.2, 0.25) is 5.91 Å². The fourth-order valence-corrected chi connectivity index (χ4v) is 2.53. The van der Waals surface area contributed by atoms with Gasteiger partial charge in [0.25, 0.3) is 0 Å². The molecule has 90 valence electrons. The molecule has 0 aromatic heterocycles. The van der Waals surface area contributed by atoms with Crippen molar-refractivity contribution in [3.63, 3.8) is 0 Å². The largest absolute Gasteiger partial charge is 0.335 e. The van der Waals surface area contributed by atoms with E-state index in [0.29, 0.717) is 6.54 Å². The van der Waals surface area contributed by atoms with E-state index in [1.165, 1.54) is 12.8 Å². The van der Waals surface area contributed by atoms with E-state index < -0.39 is 0 Å². The molecule has 0 aromatic carbocycles. The zero-order valence-electron chi connectivity index (χ0n) is 9.95. The third kappa shape index (κ3) is 2.82. The number of rotatable bonds is 3. The van der Waals surface area contributed by atoms with E-state index in [-0.39, 0.29) is 18.1 Å². The fraction of sp³-hybridized carbons (Fsp3) is 0.833. The van der Waals surface area contributed by atoms with Gasteiger partial charge >= 0.3 is 0 Å². The Balaban J connectivity index is 1.71. The van der Waals surface area contributed by atoms with E-state index in [2.05, 4.69) is 11.9 Å². The molecule has 0 bridgehead atoms. The Morgan fingerprint density at radius 3 is 2.50 bits per heavy atom. The summed E-state index contributed by atoms with van der Waals surface area (Å²) in [6.45, 7) is 3.46. The lowest BCUT2D eigenvalue weighted by Gasteiger charge is -2.29. The van der Waals surface area contributed by atoms with Gasteiger partial charge in [-0.15, -0.1) is 0 Å². The van der Waals surface area contributed by atoms with Gasteiger partial charge in [-0.2, -0.15) is 0 Å². The summed E-state index contributed by atoms with van der Waals surface area (Å²) in [7, 11) is 2.15. The molecule has 0 atom stereocenters. The summed E-state index contributed by atoms with van der Waals surface area (Å²) in [5.41, 5.74) is 0. The predicted octanol–water partition coefficient (Wildman–Crippen LogP) is 0.520. The highest BCUT2D eigenvalue weighted by Crippen LogP contribution is 2.20. The lowest BCUT2D eigenvalue weighted by Crippen LogP contribution is -2.33. The first-order valence-electron chi connectivity index (χ1n) is 6.13. The van der Waals surface area contributed by atoms with Gasteiger partial charge in [-0.25, -0.2) is 0 Å². The van der Waals surface area contributed by atoms with Crippen LogP contribution in [0.3, 0.4) is 0 Å². The van der Waals surface area contributed by atoms with Crippen LogP contribution in [0.1, 0.15) is 25.7 Å². The van der Waals surface area contributed by atoms with E-state index in [9.17, 15) is 9.59 Å². The van der Waals surface area contributed by atoms with Gasteiger partial charge in [0.05, 0.1) is 13.0 Å². The van der Waals surface area contributed by atoms with Crippen LogP contribution in [0.25, 0.3) is 0 Å². The zero-order chi connectivity index (χ0) is 11.5. The standard InChI is InChI=1S/C12H20N2O2/c1-13-5-2-10(3-6-13)4-7-14-9-11(15)8-12(14)16/h10H,2-9H2,1H3. The highest BCUT2D eigenvalue weighted by Gasteiger charge is 2.27. The van der Waals surface area contributed by atoms with Crippen molar-refractivity contribution in [2.45, 2.75) is 25.7 Å². The number of Topliss-reactive ketones (excluding diaryl/α,β-unsaturated/α-hetero) is 1. The van der Waals surface area contributed by atoms with Crippen molar-refractivity contribution in [1.82, 2.24) is 9.80 Å². The molecule has 1 amide bonds. The Hall–Kier alpha value is -0.900. The minimum Gasteiger partial charge on any atom is -0.335 e. The zero-order valence-corrected chi connectivity index (χ0v) is 9.95. The monoisotopic (exact) mass is 224 g/mol. The van der Waals surface area contributed by atoms with Crippen LogP contribution in [0.15, 0.2) is 0 Å². The molecule has 0 saturated carbocycles. The van der Waals surface area contributed by atoms with Crippen molar-refractivity contribution in [2.75, 3.05) is 33.2 Å². The van der Waals surface area contributed by atoms with Crippen LogP contribution in [-0.2, 0) is 9.59 Å². The highest BCUT2D eigenvalue weighted by molar-refractivity contribution is 6.05. The maximum atomic E-state index is 11.4. The van der Waals surface area contributed by atoms with E-state index in [0.717, 1.165) is 32.0 Å². The van der Waals surface area contributed by atoms with E-state index in [1.54, 1.807) is 4.90 Å². The minimum atomic E-state index is 0.0259. The van der Waals surface area contributed by atoms with E-state index in [4.69, 9.17) is 0 Å². The molecule has 0 spiro atoms. The molecule has 0 N–H and O–H groups in total. The smallest absolute Gasteiger partial charge is 0.230 e. The Morgan fingerprint density at radius 1 is 1.25 bits per heavy atom. The summed E-state index contributed by atoms with van der Waals surface area (Å²) in [6.07, 6.45) is 3.65. The van der Waals surface area contributed by atoms with Gasteiger partial charge in [-0.1, -0.05) is 0 Å². The number of likely N-dealkylation sites (tertiary alicyclic amines) is 2. The number of ketones is 1. The van der Waals surface area contributed by atoms with Crippen LogP contribution in [-0.4, -0.2) is 54.7 Å². The summed E-state index contributed by atoms with van der Waals surface area (Å²) in [5.74, 6) is 0.839. The van der Waals surface area contributed by atoms with Crippen molar-refractivity contribution < 1.29 is 9.59 Å². The molecule has 4 heteroatoms. The normalized spacial score (nSPS) is 24.4. The number of hydrogen-bond acceptors (Lipinski definition) is 3. The number of hydrogen-bond donors (Lipinski definition) is 0. The molecule has 16 heavy (non-hydrogen) atoms. The van der Waals surface area contributed by atoms with Crippen molar-refractivity contribution in [3.05, 3.63) is 0 Å². The van der Waals surface area contributed by atoms with Crippen LogP contribution < -0.4 is 0 Å². The average molecular weight is 224 g/mol. The van der Waals surface area contributed by atoms with Gasteiger partial charge in [0, 0.05) is 6.54 Å². The van der Waals surface area contributed by atoms with Gasteiger partial charge in [-0.05, 0) is 45.3 Å². The number of amides is 1. The van der Waals surface area contributed by atoms with E-state index >= 15 is 0 Å². The molecule has 2 rings (SSSR count). The first-order chi connectivity index (χ1) is 7.65. The highest BCUT2D eigenvalue weighted by atomic mass is 16.2. The number of piperidine rings is 1. The third-order valence-electron chi connectivity index (χ3n) is 3.71. The van der Waals surface area contributed by atoms with Crippen molar-refractivity contribution >= 4 is 11.7 Å². The molecule has 4 nitrogen and oxygen atoms in total. The van der Waals surface area contributed by atoms with Crippen LogP contribution >= 0.6 is 0 Å². The second kappa shape index (κ2) is 4.95. The van der Waals surface area contributed by atoms with Crippen LogP contribution in [0, 0.1) is 5.92 Å². The van der Waals surface area contributed by atoms with Gasteiger partial charge in [0.15, 0.2) is 5.78 Å². The van der Waals surface area contributed by atoms with Gasteiger partial charge in [-0.3, -0.25) is 9.59 Å². The molecule has 2 fully saturated rings. The summed E-state index contributed by atoms with van der Waals surface area (Å²) in [6, 6.07) is 0. The SMILES string of the molecule is CN1CCC(CCN2CC(=O)CC2=O)CC1. The molecule has 2 saturated heterocycles. The second-order valence-electron chi connectivity index (χ2n) is 5.07. The quantitative estimate of drug-likeness (QED) is 0.656.